The summed E-state index contributed by atoms with van der Waals surface area (Å²) in [6.07, 6.45) is 3.97. The van der Waals surface area contributed by atoms with Crippen LogP contribution in [-0.2, 0) is 4.74 Å². The van der Waals surface area contributed by atoms with Gasteiger partial charge in [-0.2, -0.15) is 0 Å². The molecule has 0 bridgehead atoms. The number of hydrogen-bond donors (Lipinski definition) is 2. The Bertz CT molecular complexity index is 973. The highest BCUT2D eigenvalue weighted by Crippen LogP contribution is 2.22. The van der Waals surface area contributed by atoms with Gasteiger partial charge in [0.1, 0.15) is 5.69 Å². The third kappa shape index (κ3) is 3.95. The van der Waals surface area contributed by atoms with E-state index in [2.05, 4.69) is 20.2 Å². The fourth-order valence-electron chi connectivity index (χ4n) is 3.37. The average molecular weight is 378 g/mol. The molecule has 1 unspecified atom stereocenters. The Labute approximate surface area is 163 Å². The van der Waals surface area contributed by atoms with Crippen LogP contribution in [0.1, 0.15) is 16.9 Å². The first-order chi connectivity index (χ1) is 13.7. The normalized spacial score (nSPS) is 17.3. The quantitative estimate of drug-likeness (QED) is 0.725. The molecule has 0 saturated carbocycles. The van der Waals surface area contributed by atoms with Crippen molar-refractivity contribution in [2.75, 3.05) is 36.5 Å². The van der Waals surface area contributed by atoms with Crippen LogP contribution in [0.2, 0.25) is 0 Å². The molecule has 1 amide bonds. The number of carbonyl (C=O) groups excluding carboxylic acids is 1. The molecule has 4 rings (SSSR count). The zero-order valence-electron chi connectivity index (χ0n) is 15.4. The lowest BCUT2D eigenvalue weighted by molar-refractivity contribution is 0.0267. The van der Waals surface area contributed by atoms with Crippen molar-refractivity contribution in [3.05, 3.63) is 60.6 Å². The number of amides is 1. The van der Waals surface area contributed by atoms with Crippen molar-refractivity contribution >= 4 is 28.2 Å². The number of aromatic nitrogens is 2. The predicted octanol–water partition coefficient (Wildman–Crippen LogP) is 2.47. The molecule has 7 heteroatoms. The van der Waals surface area contributed by atoms with Crippen molar-refractivity contribution in [2.24, 2.45) is 0 Å². The standard InChI is InChI=1S/C21H22N4O3/c26-14-17-13-25(10-3-11-28-17)16-7-9-22-19(12-16)21(27)24-18-6-1-4-15-5-2-8-23-20(15)18/h1-2,4-9,12,17,26H,3,10-11,13-14H2,(H,24,27). The van der Waals surface area contributed by atoms with Crippen LogP contribution >= 0.6 is 0 Å². The maximum atomic E-state index is 12.8. The molecule has 144 valence electrons. The highest BCUT2D eigenvalue weighted by Gasteiger charge is 2.19. The number of pyridine rings is 2. The molecular formula is C21H22N4O3. The number of fused-ring (bicyclic) bond motifs is 1. The maximum Gasteiger partial charge on any atom is 0.274 e. The average Bonchev–Trinajstić information content (AvgIpc) is 3.00. The number of para-hydroxylation sites is 1. The van der Waals surface area contributed by atoms with Crippen LogP contribution < -0.4 is 10.2 Å². The summed E-state index contributed by atoms with van der Waals surface area (Å²) in [6, 6.07) is 13.1. The number of carbonyl (C=O) groups is 1. The zero-order chi connectivity index (χ0) is 19.3. The number of hydrogen-bond acceptors (Lipinski definition) is 6. The van der Waals surface area contributed by atoms with E-state index in [9.17, 15) is 9.90 Å². The van der Waals surface area contributed by atoms with Crippen molar-refractivity contribution in [3.63, 3.8) is 0 Å². The third-order valence-electron chi connectivity index (χ3n) is 4.78. The van der Waals surface area contributed by atoms with Crippen LogP contribution in [0.5, 0.6) is 0 Å². The Morgan fingerprint density at radius 3 is 3.00 bits per heavy atom. The van der Waals surface area contributed by atoms with Gasteiger partial charge >= 0.3 is 0 Å². The molecule has 1 aliphatic rings. The summed E-state index contributed by atoms with van der Waals surface area (Å²) in [6.45, 7) is 1.97. The number of aliphatic hydroxyl groups is 1. The van der Waals surface area contributed by atoms with Gasteiger partial charge in [-0.1, -0.05) is 18.2 Å². The van der Waals surface area contributed by atoms with Gasteiger partial charge < -0.3 is 20.1 Å². The van der Waals surface area contributed by atoms with E-state index in [1.54, 1.807) is 18.5 Å². The Kier molecular flexibility index (Phi) is 5.45. The number of anilines is 2. The summed E-state index contributed by atoms with van der Waals surface area (Å²) < 4.78 is 5.61. The molecule has 0 spiro atoms. The summed E-state index contributed by atoms with van der Waals surface area (Å²) in [4.78, 5) is 23.5. The second-order valence-electron chi connectivity index (χ2n) is 6.71. The minimum atomic E-state index is -0.287. The van der Waals surface area contributed by atoms with Crippen LogP contribution in [0.25, 0.3) is 10.9 Å². The van der Waals surface area contributed by atoms with Gasteiger partial charge in [0.25, 0.3) is 5.91 Å². The van der Waals surface area contributed by atoms with Crippen LogP contribution in [-0.4, -0.2) is 53.4 Å². The van der Waals surface area contributed by atoms with E-state index in [1.165, 1.54) is 0 Å². The summed E-state index contributed by atoms with van der Waals surface area (Å²) >= 11 is 0. The van der Waals surface area contributed by atoms with Crippen LogP contribution in [0.3, 0.4) is 0 Å². The minimum Gasteiger partial charge on any atom is -0.394 e. The molecule has 7 nitrogen and oxygen atoms in total. The van der Waals surface area contributed by atoms with Crippen molar-refractivity contribution in [2.45, 2.75) is 12.5 Å². The fraction of sp³-hybridized carbons (Fsp3) is 0.286. The van der Waals surface area contributed by atoms with Gasteiger partial charge in [-0.15, -0.1) is 0 Å². The molecule has 1 fully saturated rings. The summed E-state index contributed by atoms with van der Waals surface area (Å²) in [5, 5.41) is 13.3. The highest BCUT2D eigenvalue weighted by atomic mass is 16.5. The van der Waals surface area contributed by atoms with Gasteiger partial charge in [-0.05, 0) is 30.7 Å². The molecular weight excluding hydrogens is 356 g/mol. The van der Waals surface area contributed by atoms with Gasteiger partial charge in [0.05, 0.1) is 23.9 Å². The summed E-state index contributed by atoms with van der Waals surface area (Å²) in [5.74, 6) is -0.287. The van der Waals surface area contributed by atoms with E-state index in [1.807, 2.05) is 36.4 Å². The molecule has 3 heterocycles. The lowest BCUT2D eigenvalue weighted by atomic mass is 10.2. The maximum absolute atomic E-state index is 12.8. The number of rotatable bonds is 4. The Morgan fingerprint density at radius 2 is 2.11 bits per heavy atom. The van der Waals surface area contributed by atoms with Crippen molar-refractivity contribution in [1.82, 2.24) is 9.97 Å². The molecule has 2 N–H and O–H groups in total. The first-order valence-corrected chi connectivity index (χ1v) is 9.33. The monoisotopic (exact) mass is 378 g/mol. The lowest BCUT2D eigenvalue weighted by Crippen LogP contribution is -2.33. The third-order valence-corrected chi connectivity index (χ3v) is 4.78. The number of ether oxygens (including phenoxy) is 1. The molecule has 2 aromatic heterocycles. The van der Waals surface area contributed by atoms with E-state index >= 15 is 0 Å². The van der Waals surface area contributed by atoms with Gasteiger partial charge in [-0.25, -0.2) is 0 Å². The van der Waals surface area contributed by atoms with E-state index < -0.39 is 0 Å². The smallest absolute Gasteiger partial charge is 0.274 e. The summed E-state index contributed by atoms with van der Waals surface area (Å²) in [7, 11) is 0. The first-order valence-electron chi connectivity index (χ1n) is 9.33. The first kappa shape index (κ1) is 18.3. The zero-order valence-corrected chi connectivity index (χ0v) is 15.4. The number of aliphatic hydroxyl groups excluding tert-OH is 1. The molecule has 1 atom stereocenters. The minimum absolute atomic E-state index is 0.0248. The second kappa shape index (κ2) is 8.33. The van der Waals surface area contributed by atoms with Gasteiger partial charge in [0, 0.05) is 43.2 Å². The molecule has 1 saturated heterocycles. The molecule has 0 radical (unpaired) electrons. The van der Waals surface area contributed by atoms with Gasteiger partial charge in [0.2, 0.25) is 0 Å². The number of nitrogens with one attached hydrogen (secondary N) is 1. The van der Waals surface area contributed by atoms with Crippen LogP contribution in [0.4, 0.5) is 11.4 Å². The number of benzene rings is 1. The number of nitrogens with zero attached hydrogens (tertiary/aromatic N) is 3. The Balaban J connectivity index is 1.56. The molecule has 1 aliphatic heterocycles. The van der Waals surface area contributed by atoms with Crippen molar-refractivity contribution in [1.29, 1.82) is 0 Å². The molecule has 1 aromatic carbocycles. The highest BCUT2D eigenvalue weighted by molar-refractivity contribution is 6.07. The van der Waals surface area contributed by atoms with Crippen molar-refractivity contribution in [3.8, 4) is 0 Å². The van der Waals surface area contributed by atoms with Gasteiger partial charge in [-0.3, -0.25) is 14.8 Å². The fourth-order valence-corrected chi connectivity index (χ4v) is 3.37. The van der Waals surface area contributed by atoms with E-state index in [0.717, 1.165) is 29.6 Å². The van der Waals surface area contributed by atoms with Crippen LogP contribution in [0.15, 0.2) is 54.9 Å². The Hall–Kier alpha value is -3.03. The predicted molar refractivity (Wildman–Crippen MR) is 108 cm³/mol. The lowest BCUT2D eigenvalue weighted by Gasteiger charge is -2.25. The van der Waals surface area contributed by atoms with E-state index in [0.29, 0.717) is 24.5 Å². The molecule has 28 heavy (non-hydrogen) atoms. The molecule has 3 aromatic rings. The SMILES string of the molecule is O=C(Nc1cccc2cccnc12)c1cc(N2CCCOC(CO)C2)ccn1. The topological polar surface area (TPSA) is 87.6 Å². The molecule has 0 aliphatic carbocycles. The largest absolute Gasteiger partial charge is 0.394 e. The summed E-state index contributed by atoms with van der Waals surface area (Å²) in [5.41, 5.74) is 2.61. The van der Waals surface area contributed by atoms with Crippen LogP contribution in [0, 0.1) is 0 Å². The van der Waals surface area contributed by atoms with E-state index in [4.69, 9.17) is 4.74 Å². The Morgan fingerprint density at radius 1 is 1.21 bits per heavy atom. The van der Waals surface area contributed by atoms with Crippen molar-refractivity contribution < 1.29 is 14.6 Å². The van der Waals surface area contributed by atoms with Gasteiger partial charge in [0.15, 0.2) is 0 Å². The van der Waals surface area contributed by atoms with E-state index in [-0.39, 0.29) is 18.6 Å². The second-order valence-corrected chi connectivity index (χ2v) is 6.71.